The van der Waals surface area contributed by atoms with Crippen molar-refractivity contribution in [1.29, 1.82) is 0 Å². The number of halogens is 1. The molecule has 0 fully saturated rings. The van der Waals surface area contributed by atoms with Crippen LogP contribution >= 0.6 is 15.9 Å². The highest BCUT2D eigenvalue weighted by Crippen LogP contribution is 2.36. The number of carbonyl (C=O) groups excluding carboxylic acids is 1. The molecule has 0 aliphatic carbocycles. The van der Waals surface area contributed by atoms with E-state index in [1.807, 2.05) is 0 Å². The van der Waals surface area contributed by atoms with Crippen LogP contribution in [-0.2, 0) is 0 Å². The predicted molar refractivity (Wildman–Crippen MR) is 95.7 cm³/mol. The molecule has 0 aliphatic heterocycles. The highest BCUT2D eigenvalue weighted by molar-refractivity contribution is 9.09. The summed E-state index contributed by atoms with van der Waals surface area (Å²) in [5.41, 5.74) is -1.39. The number of rotatable bonds is 10. The number of amides is 1. The first-order valence-electron chi connectivity index (χ1n) is 7.24. The molecule has 10 nitrogen and oxygen atoms in total. The molecule has 0 saturated heterocycles. The molecule has 0 bridgehead atoms. The molecule has 25 heavy (non-hydrogen) atoms. The molecule has 1 amide bonds. The van der Waals surface area contributed by atoms with E-state index in [1.165, 1.54) is 4.90 Å². The SMILES string of the molecule is [B]CCN(CCBr)c1c(C(=O)NCCO)cc([N+](=O)[O-])cc1[N+](=O)[O-]. The van der Waals surface area contributed by atoms with Crippen molar-refractivity contribution in [2.24, 2.45) is 0 Å². The van der Waals surface area contributed by atoms with E-state index in [9.17, 15) is 25.0 Å². The van der Waals surface area contributed by atoms with Crippen LogP contribution in [0.1, 0.15) is 10.4 Å². The van der Waals surface area contributed by atoms with Gasteiger partial charge in [-0.25, -0.2) is 0 Å². The lowest BCUT2D eigenvalue weighted by Crippen LogP contribution is -2.32. The molecular formula is C13H16BBrN4O6. The Labute approximate surface area is 153 Å². The third kappa shape index (κ3) is 5.39. The maximum atomic E-state index is 12.3. The van der Waals surface area contributed by atoms with Crippen molar-refractivity contribution in [3.63, 3.8) is 0 Å². The second-order valence-electron chi connectivity index (χ2n) is 4.82. The van der Waals surface area contributed by atoms with E-state index in [1.54, 1.807) is 0 Å². The molecule has 12 heteroatoms. The van der Waals surface area contributed by atoms with Gasteiger partial charge >= 0.3 is 0 Å². The smallest absolute Gasteiger partial charge is 0.300 e. The van der Waals surface area contributed by atoms with Gasteiger partial charge in [0.1, 0.15) is 5.69 Å². The Kier molecular flexibility index (Phi) is 8.28. The van der Waals surface area contributed by atoms with Crippen molar-refractivity contribution in [2.75, 3.05) is 36.5 Å². The van der Waals surface area contributed by atoms with Crippen LogP contribution in [0.2, 0.25) is 6.32 Å². The highest BCUT2D eigenvalue weighted by Gasteiger charge is 2.30. The normalized spacial score (nSPS) is 10.3. The Balaban J connectivity index is 3.63. The average molecular weight is 415 g/mol. The van der Waals surface area contributed by atoms with Gasteiger partial charge in [0.2, 0.25) is 0 Å². The molecule has 2 radical (unpaired) electrons. The van der Waals surface area contributed by atoms with E-state index >= 15 is 0 Å². The van der Waals surface area contributed by atoms with Crippen LogP contribution in [0, 0.1) is 20.2 Å². The van der Waals surface area contributed by atoms with Gasteiger partial charge in [0, 0.05) is 31.0 Å². The van der Waals surface area contributed by atoms with Gasteiger partial charge < -0.3 is 15.3 Å². The highest BCUT2D eigenvalue weighted by atomic mass is 79.9. The van der Waals surface area contributed by atoms with Gasteiger partial charge in [0.25, 0.3) is 17.3 Å². The van der Waals surface area contributed by atoms with E-state index < -0.39 is 27.1 Å². The number of alkyl halides is 1. The van der Waals surface area contributed by atoms with Gasteiger partial charge in [-0.05, 0) is 0 Å². The van der Waals surface area contributed by atoms with E-state index in [2.05, 4.69) is 21.2 Å². The zero-order valence-electron chi connectivity index (χ0n) is 13.2. The molecule has 0 saturated carbocycles. The molecule has 1 aromatic carbocycles. The van der Waals surface area contributed by atoms with Crippen molar-refractivity contribution in [3.8, 4) is 0 Å². The largest absolute Gasteiger partial charge is 0.395 e. The number of nitro benzene ring substituents is 2. The molecule has 0 spiro atoms. The number of nitrogens with zero attached hydrogens (tertiary/aromatic N) is 3. The number of non-ortho nitro benzene ring substituents is 1. The average Bonchev–Trinajstić information content (AvgIpc) is 2.58. The number of hydrogen-bond acceptors (Lipinski definition) is 7. The quantitative estimate of drug-likeness (QED) is 0.252. The first-order valence-corrected chi connectivity index (χ1v) is 8.36. The molecule has 0 heterocycles. The summed E-state index contributed by atoms with van der Waals surface area (Å²) in [6.07, 6.45) is 0.166. The Bertz CT molecular complexity index is 654. The van der Waals surface area contributed by atoms with Crippen LogP contribution in [0.15, 0.2) is 12.1 Å². The zero-order valence-corrected chi connectivity index (χ0v) is 14.8. The summed E-state index contributed by atoms with van der Waals surface area (Å²) in [7, 11) is 5.54. The molecule has 0 aliphatic rings. The van der Waals surface area contributed by atoms with E-state index in [0.29, 0.717) is 11.9 Å². The summed E-state index contributed by atoms with van der Waals surface area (Å²) in [5.74, 6) is -0.757. The Morgan fingerprint density at radius 1 is 1.28 bits per heavy atom. The zero-order chi connectivity index (χ0) is 19.0. The Morgan fingerprint density at radius 3 is 2.44 bits per heavy atom. The number of nitro groups is 2. The third-order valence-corrected chi connectivity index (χ3v) is 3.55. The van der Waals surface area contributed by atoms with Crippen molar-refractivity contribution >= 4 is 46.7 Å². The minimum absolute atomic E-state index is 0.0454. The summed E-state index contributed by atoms with van der Waals surface area (Å²) < 4.78 is 0. The van der Waals surface area contributed by atoms with Crippen molar-refractivity contribution < 1.29 is 19.7 Å². The van der Waals surface area contributed by atoms with Crippen LogP contribution in [0.3, 0.4) is 0 Å². The Hall–Kier alpha value is -2.21. The van der Waals surface area contributed by atoms with Crippen molar-refractivity contribution in [2.45, 2.75) is 6.32 Å². The van der Waals surface area contributed by atoms with Crippen molar-refractivity contribution in [3.05, 3.63) is 37.9 Å². The molecule has 134 valence electrons. The van der Waals surface area contributed by atoms with Crippen LogP contribution in [0.4, 0.5) is 17.1 Å². The van der Waals surface area contributed by atoms with Gasteiger partial charge in [-0.2, -0.15) is 0 Å². The Morgan fingerprint density at radius 2 is 1.96 bits per heavy atom. The third-order valence-electron chi connectivity index (χ3n) is 3.19. The lowest BCUT2D eigenvalue weighted by molar-refractivity contribution is -0.393. The fourth-order valence-corrected chi connectivity index (χ4v) is 2.64. The number of benzene rings is 1. The number of carbonyl (C=O) groups is 1. The molecule has 0 unspecified atom stereocenters. The lowest BCUT2D eigenvalue weighted by Gasteiger charge is -2.25. The van der Waals surface area contributed by atoms with Crippen LogP contribution in [-0.4, -0.2) is 60.3 Å². The van der Waals surface area contributed by atoms with Gasteiger partial charge in [-0.15, -0.1) is 0 Å². The first-order chi connectivity index (χ1) is 11.9. The fourth-order valence-electron chi connectivity index (χ4n) is 2.21. The molecule has 1 aromatic rings. The number of nitrogens with one attached hydrogen (secondary N) is 1. The number of hydrogen-bond donors (Lipinski definition) is 2. The molecule has 2 N–H and O–H groups in total. The summed E-state index contributed by atoms with van der Waals surface area (Å²) in [4.78, 5) is 34.8. The minimum atomic E-state index is -0.808. The predicted octanol–water partition coefficient (Wildman–Crippen LogP) is 1.01. The second kappa shape index (κ2) is 9.94. The molecule has 1 rings (SSSR count). The standard InChI is InChI=1S/C13H16BBrN4O6/c14-1-4-17(5-2-15)12-10(13(21)16-3-6-20)7-9(18(22)23)8-11(12)19(24)25/h7-8,20H,1-6H2,(H,16,21). The second-order valence-corrected chi connectivity index (χ2v) is 5.61. The molecular weight excluding hydrogens is 399 g/mol. The van der Waals surface area contributed by atoms with Gasteiger partial charge in [0.05, 0.1) is 35.9 Å². The van der Waals surface area contributed by atoms with E-state index in [-0.39, 0.29) is 37.3 Å². The number of aliphatic hydroxyl groups excluding tert-OH is 1. The van der Waals surface area contributed by atoms with E-state index in [0.717, 1.165) is 12.1 Å². The molecule has 0 aromatic heterocycles. The lowest BCUT2D eigenvalue weighted by atomic mass is 10.0. The summed E-state index contributed by atoms with van der Waals surface area (Å²) >= 11 is 3.23. The first kappa shape index (κ1) is 20.8. The summed E-state index contributed by atoms with van der Waals surface area (Å²) in [6, 6.07) is 1.79. The van der Waals surface area contributed by atoms with Gasteiger partial charge in [-0.3, -0.25) is 25.0 Å². The maximum Gasteiger partial charge on any atom is 0.300 e. The minimum Gasteiger partial charge on any atom is -0.395 e. The topological polar surface area (TPSA) is 139 Å². The maximum absolute atomic E-state index is 12.3. The van der Waals surface area contributed by atoms with Crippen LogP contribution in [0.5, 0.6) is 0 Å². The monoisotopic (exact) mass is 414 g/mol. The van der Waals surface area contributed by atoms with E-state index in [4.69, 9.17) is 13.0 Å². The van der Waals surface area contributed by atoms with Crippen LogP contribution in [0.25, 0.3) is 0 Å². The van der Waals surface area contributed by atoms with Crippen LogP contribution < -0.4 is 10.2 Å². The number of aliphatic hydroxyl groups is 1. The summed E-state index contributed by atoms with van der Waals surface area (Å²) in [5, 5.41) is 34.1. The molecule has 0 atom stereocenters. The summed E-state index contributed by atoms with van der Waals surface area (Å²) in [6.45, 7) is 0.0801. The van der Waals surface area contributed by atoms with Crippen molar-refractivity contribution in [1.82, 2.24) is 5.32 Å². The fraction of sp³-hybridized carbons (Fsp3) is 0.462. The number of anilines is 1. The van der Waals surface area contributed by atoms with Gasteiger partial charge in [0.15, 0.2) is 0 Å². The van der Waals surface area contributed by atoms with Gasteiger partial charge in [-0.1, -0.05) is 22.3 Å².